The first-order valence-corrected chi connectivity index (χ1v) is 9.46. The van der Waals surface area contributed by atoms with Gasteiger partial charge >= 0.3 is 0 Å². The molecule has 1 unspecified atom stereocenters. The highest BCUT2D eigenvalue weighted by Crippen LogP contribution is 2.17. The van der Waals surface area contributed by atoms with E-state index in [1.165, 1.54) is 0 Å². The number of carbonyl (C=O) groups excluding carboxylic acids is 1. The summed E-state index contributed by atoms with van der Waals surface area (Å²) in [5.74, 6) is 2.45. The molecule has 0 aliphatic carbocycles. The van der Waals surface area contributed by atoms with Gasteiger partial charge in [0.25, 0.3) is 5.91 Å². The number of carbonyl (C=O) groups is 1. The van der Waals surface area contributed by atoms with Crippen molar-refractivity contribution in [2.75, 3.05) is 19.6 Å². The summed E-state index contributed by atoms with van der Waals surface area (Å²) < 4.78 is 2.18. The third kappa shape index (κ3) is 4.12. The Kier molecular flexibility index (Phi) is 5.71. The second-order valence-electron chi connectivity index (χ2n) is 7.58. The molecule has 0 spiro atoms. The van der Waals surface area contributed by atoms with E-state index in [1.807, 2.05) is 38.1 Å². The SMILES string of the molecule is Cc1ccccc1C(=O)NC(C)c1nnc2n1CCN(CC(C)C)CC2. The number of hydrogen-bond acceptors (Lipinski definition) is 4. The van der Waals surface area contributed by atoms with Gasteiger partial charge in [0.05, 0.1) is 6.04 Å². The third-order valence-electron chi connectivity index (χ3n) is 4.90. The number of nitrogens with one attached hydrogen (secondary N) is 1. The van der Waals surface area contributed by atoms with Crippen molar-refractivity contribution in [1.82, 2.24) is 25.0 Å². The number of fused-ring (bicyclic) bond motifs is 1. The molecule has 3 rings (SSSR count). The highest BCUT2D eigenvalue weighted by atomic mass is 16.1. The Balaban J connectivity index is 1.71. The lowest BCUT2D eigenvalue weighted by molar-refractivity contribution is 0.0937. The number of nitrogens with zero attached hydrogens (tertiary/aromatic N) is 4. The summed E-state index contributed by atoms with van der Waals surface area (Å²) >= 11 is 0. The molecule has 0 saturated heterocycles. The first-order chi connectivity index (χ1) is 12.5. The largest absolute Gasteiger partial charge is 0.342 e. The van der Waals surface area contributed by atoms with Gasteiger partial charge in [-0.05, 0) is 31.4 Å². The smallest absolute Gasteiger partial charge is 0.252 e. The zero-order chi connectivity index (χ0) is 18.7. The van der Waals surface area contributed by atoms with Crippen LogP contribution in [0.15, 0.2) is 24.3 Å². The fourth-order valence-corrected chi connectivity index (χ4v) is 3.57. The van der Waals surface area contributed by atoms with Crippen LogP contribution in [-0.2, 0) is 13.0 Å². The molecular formula is C20H29N5O. The van der Waals surface area contributed by atoms with Crippen molar-refractivity contribution in [1.29, 1.82) is 0 Å². The lowest BCUT2D eigenvalue weighted by atomic mass is 10.1. The second-order valence-corrected chi connectivity index (χ2v) is 7.58. The van der Waals surface area contributed by atoms with E-state index >= 15 is 0 Å². The van der Waals surface area contributed by atoms with E-state index in [2.05, 4.69) is 38.8 Å². The molecule has 140 valence electrons. The maximum absolute atomic E-state index is 12.6. The molecule has 1 atom stereocenters. The first kappa shape index (κ1) is 18.6. The van der Waals surface area contributed by atoms with Gasteiger partial charge in [0.1, 0.15) is 5.82 Å². The minimum absolute atomic E-state index is 0.0667. The molecular weight excluding hydrogens is 326 g/mol. The van der Waals surface area contributed by atoms with Crippen LogP contribution in [0.4, 0.5) is 0 Å². The Morgan fingerprint density at radius 2 is 1.92 bits per heavy atom. The fraction of sp³-hybridized carbons (Fsp3) is 0.550. The first-order valence-electron chi connectivity index (χ1n) is 9.46. The molecule has 1 aromatic heterocycles. The van der Waals surface area contributed by atoms with Crippen molar-refractivity contribution in [2.24, 2.45) is 5.92 Å². The minimum atomic E-state index is -0.181. The molecule has 1 N–H and O–H groups in total. The Bertz CT molecular complexity index is 767. The van der Waals surface area contributed by atoms with Gasteiger partial charge in [0.15, 0.2) is 5.82 Å². The molecule has 1 aliphatic heterocycles. The number of aryl methyl sites for hydroxylation is 1. The molecule has 0 fully saturated rings. The fourth-order valence-electron chi connectivity index (χ4n) is 3.57. The molecule has 1 aliphatic rings. The van der Waals surface area contributed by atoms with Gasteiger partial charge in [-0.25, -0.2) is 0 Å². The quantitative estimate of drug-likeness (QED) is 0.895. The van der Waals surface area contributed by atoms with Crippen LogP contribution in [0.25, 0.3) is 0 Å². The van der Waals surface area contributed by atoms with Crippen molar-refractivity contribution >= 4 is 5.91 Å². The van der Waals surface area contributed by atoms with E-state index in [9.17, 15) is 4.79 Å². The number of hydrogen-bond donors (Lipinski definition) is 1. The monoisotopic (exact) mass is 355 g/mol. The zero-order valence-electron chi connectivity index (χ0n) is 16.2. The number of benzene rings is 1. The van der Waals surface area contributed by atoms with Crippen LogP contribution in [0.5, 0.6) is 0 Å². The van der Waals surface area contributed by atoms with E-state index in [0.717, 1.165) is 49.8 Å². The number of aromatic nitrogens is 3. The summed E-state index contributed by atoms with van der Waals surface area (Å²) in [4.78, 5) is 15.1. The molecule has 2 heterocycles. The average Bonchev–Trinajstić information content (AvgIpc) is 2.90. The summed E-state index contributed by atoms with van der Waals surface area (Å²) in [5, 5.41) is 11.8. The molecule has 1 amide bonds. The van der Waals surface area contributed by atoms with Gasteiger partial charge in [-0.3, -0.25) is 4.79 Å². The van der Waals surface area contributed by atoms with Gasteiger partial charge in [-0.2, -0.15) is 0 Å². The van der Waals surface area contributed by atoms with Crippen LogP contribution >= 0.6 is 0 Å². The lowest BCUT2D eigenvalue weighted by Crippen LogP contribution is -2.32. The summed E-state index contributed by atoms with van der Waals surface area (Å²) in [6, 6.07) is 7.45. The summed E-state index contributed by atoms with van der Waals surface area (Å²) in [5.41, 5.74) is 1.68. The van der Waals surface area contributed by atoms with Crippen LogP contribution in [-0.4, -0.2) is 45.2 Å². The molecule has 0 radical (unpaired) electrons. The highest BCUT2D eigenvalue weighted by Gasteiger charge is 2.23. The molecule has 0 saturated carbocycles. The van der Waals surface area contributed by atoms with E-state index in [-0.39, 0.29) is 11.9 Å². The molecule has 6 heteroatoms. The number of amides is 1. The van der Waals surface area contributed by atoms with E-state index in [4.69, 9.17) is 0 Å². The van der Waals surface area contributed by atoms with Crippen molar-refractivity contribution in [2.45, 2.75) is 46.7 Å². The van der Waals surface area contributed by atoms with Crippen LogP contribution in [0.1, 0.15) is 54.4 Å². The molecule has 1 aromatic carbocycles. The van der Waals surface area contributed by atoms with Crippen LogP contribution in [0.2, 0.25) is 0 Å². The molecule has 26 heavy (non-hydrogen) atoms. The predicted molar refractivity (Wildman–Crippen MR) is 102 cm³/mol. The van der Waals surface area contributed by atoms with Crippen molar-refractivity contribution < 1.29 is 4.79 Å². The van der Waals surface area contributed by atoms with Gasteiger partial charge in [0, 0.05) is 38.2 Å². The van der Waals surface area contributed by atoms with Gasteiger partial charge in [-0.1, -0.05) is 32.0 Å². The van der Waals surface area contributed by atoms with Crippen molar-refractivity contribution in [3.63, 3.8) is 0 Å². The normalized spacial score (nSPS) is 16.2. The van der Waals surface area contributed by atoms with Crippen molar-refractivity contribution in [3.8, 4) is 0 Å². The third-order valence-corrected chi connectivity index (χ3v) is 4.90. The maximum atomic E-state index is 12.6. The second kappa shape index (κ2) is 7.99. The van der Waals surface area contributed by atoms with Gasteiger partial charge < -0.3 is 14.8 Å². The highest BCUT2D eigenvalue weighted by molar-refractivity contribution is 5.95. The summed E-state index contributed by atoms with van der Waals surface area (Å²) in [6.45, 7) is 12.4. The lowest BCUT2D eigenvalue weighted by Gasteiger charge is -2.22. The van der Waals surface area contributed by atoms with Crippen LogP contribution in [0.3, 0.4) is 0 Å². The van der Waals surface area contributed by atoms with E-state index < -0.39 is 0 Å². The molecule has 0 bridgehead atoms. The minimum Gasteiger partial charge on any atom is -0.342 e. The van der Waals surface area contributed by atoms with Gasteiger partial charge in [-0.15, -0.1) is 10.2 Å². The van der Waals surface area contributed by atoms with E-state index in [0.29, 0.717) is 11.5 Å². The Hall–Kier alpha value is -2.21. The summed E-state index contributed by atoms with van der Waals surface area (Å²) in [6.07, 6.45) is 0.901. The van der Waals surface area contributed by atoms with Crippen LogP contribution < -0.4 is 5.32 Å². The standard InChI is InChI=1S/C20H29N5O/c1-14(2)13-24-10-9-18-22-23-19(25(18)12-11-24)16(4)21-20(26)17-8-6-5-7-15(17)3/h5-8,14,16H,9-13H2,1-4H3,(H,21,26). The predicted octanol–water partition coefficient (Wildman–Crippen LogP) is 2.59. The maximum Gasteiger partial charge on any atom is 0.252 e. The molecule has 6 nitrogen and oxygen atoms in total. The Morgan fingerprint density at radius 3 is 2.65 bits per heavy atom. The summed E-state index contributed by atoms with van der Waals surface area (Å²) in [7, 11) is 0. The van der Waals surface area contributed by atoms with E-state index in [1.54, 1.807) is 0 Å². The van der Waals surface area contributed by atoms with Crippen molar-refractivity contribution in [3.05, 3.63) is 47.0 Å². The Labute approximate surface area is 155 Å². The topological polar surface area (TPSA) is 63.1 Å². The zero-order valence-corrected chi connectivity index (χ0v) is 16.2. The number of rotatable bonds is 5. The Morgan fingerprint density at radius 1 is 1.15 bits per heavy atom. The van der Waals surface area contributed by atoms with Crippen LogP contribution in [0, 0.1) is 12.8 Å². The average molecular weight is 355 g/mol. The van der Waals surface area contributed by atoms with Gasteiger partial charge in [0.2, 0.25) is 0 Å². The molecule has 2 aromatic rings.